The van der Waals surface area contributed by atoms with E-state index in [0.29, 0.717) is 0 Å². The van der Waals surface area contributed by atoms with Crippen LogP contribution in [0.2, 0.25) is 0 Å². The Morgan fingerprint density at radius 2 is 1.54 bits per heavy atom. The van der Waals surface area contributed by atoms with Crippen LogP contribution in [-0.2, 0) is 10.1 Å². The van der Waals surface area contributed by atoms with Crippen LogP contribution in [0.3, 0.4) is 0 Å². The van der Waals surface area contributed by atoms with E-state index < -0.39 is 18.2 Å². The van der Waals surface area contributed by atoms with Crippen molar-refractivity contribution >= 4 is 35.3 Å². The molecule has 24 heavy (non-hydrogen) atoms. The summed E-state index contributed by atoms with van der Waals surface area (Å²) in [6.45, 7) is 0. The smallest absolute Gasteiger partial charge is 0.744 e. The second-order valence-electron chi connectivity index (χ2n) is 3.93. The molecule has 1 atom stereocenters. The number of hydrogen-bond acceptors (Lipinski definition) is 7. The van der Waals surface area contributed by atoms with Gasteiger partial charge >= 0.3 is 51.4 Å². The number of hydrogen-bond donors (Lipinski definition) is 0. The van der Waals surface area contributed by atoms with Crippen LogP contribution >= 0.6 is 25.1 Å². The minimum absolute atomic E-state index is 0. The Morgan fingerprint density at radius 1 is 0.958 bits per heavy atom. The molecule has 0 aliphatic carbocycles. The van der Waals surface area contributed by atoms with Crippen molar-refractivity contribution in [3.05, 3.63) is 60.7 Å². The van der Waals surface area contributed by atoms with E-state index in [9.17, 15) is 13.0 Å². The fourth-order valence-electron chi connectivity index (χ4n) is 1.38. The topological polar surface area (TPSA) is 104 Å². The van der Waals surface area contributed by atoms with Gasteiger partial charge in [0.1, 0.15) is 15.9 Å². The van der Waals surface area contributed by atoms with Crippen LogP contribution in [0.15, 0.2) is 79.1 Å². The molecule has 2 aromatic rings. The largest absolute Gasteiger partial charge is 1.00 e. The molecule has 1 aliphatic heterocycles. The second-order valence-corrected chi connectivity index (χ2v) is 8.76. The average molecular weight is 425 g/mol. The molecule has 7 nitrogen and oxygen atoms in total. The van der Waals surface area contributed by atoms with Crippen LogP contribution in [0.4, 0.5) is 0 Å². The van der Waals surface area contributed by atoms with Crippen molar-refractivity contribution in [2.24, 2.45) is 13.5 Å². The Kier molecular flexibility index (Phi) is 10.9. The first kappa shape index (κ1) is 22.3. The Balaban J connectivity index is 0.000000238. The maximum Gasteiger partial charge on any atom is 1.00 e. The van der Waals surface area contributed by atoms with E-state index in [1.807, 2.05) is 30.3 Å². The van der Waals surface area contributed by atoms with Gasteiger partial charge in [0.25, 0.3) is 0 Å². The van der Waals surface area contributed by atoms with Gasteiger partial charge < -0.3 is 9.08 Å². The summed E-state index contributed by atoms with van der Waals surface area (Å²) >= 11 is 0. The summed E-state index contributed by atoms with van der Waals surface area (Å²) in [7, 11) is -4.14. The van der Waals surface area contributed by atoms with Crippen molar-refractivity contribution in [2.45, 2.75) is 4.90 Å². The summed E-state index contributed by atoms with van der Waals surface area (Å²) in [6, 6.07) is 16.8. The molecule has 0 spiro atoms. The fraction of sp³-hybridized carbons (Fsp3) is 0. The van der Waals surface area contributed by atoms with Gasteiger partial charge in [-0.3, -0.25) is 0 Å². The Hall–Kier alpha value is 0.216. The molecule has 0 aromatic heterocycles. The minimum atomic E-state index is -4.25. The van der Waals surface area contributed by atoms with Crippen molar-refractivity contribution < 1.29 is 68.9 Å². The molecule has 3 rings (SSSR count). The van der Waals surface area contributed by atoms with Crippen molar-refractivity contribution in [3.8, 4) is 5.75 Å². The number of nitrogens with zero attached hydrogens (tertiary/aromatic N) is 3. The number of benzene rings is 2. The quantitative estimate of drug-likeness (QED) is 0.426. The van der Waals surface area contributed by atoms with Gasteiger partial charge in [-0.2, -0.15) is 13.5 Å². The molecule has 0 bridgehead atoms. The van der Waals surface area contributed by atoms with Gasteiger partial charge in [-0.25, -0.2) is 8.42 Å². The molecule has 0 N–H and O–H groups in total. The molecule has 2 aromatic carbocycles. The van der Waals surface area contributed by atoms with Crippen LogP contribution in [0, 0.1) is 0 Å². The predicted molar refractivity (Wildman–Crippen MR) is 90.9 cm³/mol. The summed E-state index contributed by atoms with van der Waals surface area (Å²) in [6.07, 6.45) is 0. The Labute approximate surface area is 186 Å². The molecule has 1 heterocycles. The average Bonchev–Trinajstić information content (AvgIpc) is 2.57. The minimum Gasteiger partial charge on any atom is -0.744 e. The zero-order valence-corrected chi connectivity index (χ0v) is 19.3. The van der Waals surface area contributed by atoms with Gasteiger partial charge in [0.2, 0.25) is 8.09 Å². The van der Waals surface area contributed by atoms with Gasteiger partial charge in [0.05, 0.1) is 4.90 Å². The molecule has 0 radical (unpaired) electrons. The summed E-state index contributed by atoms with van der Waals surface area (Å²) in [5, 5.41) is 0. The van der Waals surface area contributed by atoms with Crippen molar-refractivity contribution in [1.29, 1.82) is 0 Å². The summed E-state index contributed by atoms with van der Waals surface area (Å²) in [5.41, 5.74) is 0. The van der Waals surface area contributed by atoms with Crippen molar-refractivity contribution in [1.82, 2.24) is 0 Å². The molecule has 0 amide bonds. The molecule has 120 valence electrons. The maximum atomic E-state index is 10.3. The van der Waals surface area contributed by atoms with Crippen LogP contribution < -0.4 is 55.9 Å². The first-order valence-corrected chi connectivity index (χ1v) is 10.5. The normalized spacial score (nSPS) is 16.6. The zero-order valence-electron chi connectivity index (χ0n) is 12.6. The van der Waals surface area contributed by atoms with E-state index in [4.69, 9.17) is 4.52 Å². The van der Waals surface area contributed by atoms with Gasteiger partial charge in [-0.15, -0.1) is 0 Å². The predicted octanol–water partition coefficient (Wildman–Crippen LogP) is 1.99. The molecular weight excluding hydrogens is 414 g/mol. The maximum absolute atomic E-state index is 10.3. The molecule has 1 aliphatic rings. The molecule has 12 heteroatoms. The van der Waals surface area contributed by atoms with Crippen LogP contribution in [0.25, 0.3) is 0 Å². The third-order valence-corrected chi connectivity index (χ3v) is 6.32. The van der Waals surface area contributed by atoms with E-state index in [1.165, 1.54) is 24.3 Å². The third kappa shape index (κ3) is 8.54. The zero-order chi connectivity index (χ0) is 16.5. The van der Waals surface area contributed by atoms with Crippen molar-refractivity contribution in [3.63, 3.8) is 0 Å². The van der Waals surface area contributed by atoms with Gasteiger partial charge in [0.15, 0.2) is 17.0 Å². The number of rotatable bonds is 3. The van der Waals surface area contributed by atoms with Crippen LogP contribution in [0.1, 0.15) is 0 Å². The molecule has 0 fully saturated rings. The van der Waals surface area contributed by atoms with E-state index in [2.05, 4.69) is 13.5 Å². The summed E-state index contributed by atoms with van der Waals surface area (Å²) in [4.78, 5) is -0.185. The third-order valence-electron chi connectivity index (χ3n) is 2.32. The van der Waals surface area contributed by atoms with Crippen LogP contribution in [-0.4, -0.2) is 13.0 Å². The van der Waals surface area contributed by atoms with Crippen molar-refractivity contribution in [2.75, 3.05) is 0 Å². The van der Waals surface area contributed by atoms with Gasteiger partial charge in [-0.1, -0.05) is 36.4 Å². The summed E-state index contributed by atoms with van der Waals surface area (Å²) in [5.74, 6) is 0.830. The monoisotopic (exact) mass is 425 g/mol. The molecule has 0 saturated heterocycles. The Morgan fingerprint density at radius 3 is 2.00 bits per heavy atom. The van der Waals surface area contributed by atoms with Crippen LogP contribution in [0.5, 0.6) is 5.75 Å². The standard InChI is InChI=1S/C6H6N3OP3.C6H6O3S.K/c1-2-4-6(5-3-1)10-13-8-11-7-12-9-13;7-10(8,9)6-4-2-1-3-5-6;/h1-5,13H;1-5H,(H,7,8,9);/q;;+1/p-1. The SMILES string of the molecule is O=S(=O)([O-])c1ccccc1.[K+].c1ccc(O[PH]2=NP=NP=N2)cc1. The van der Waals surface area contributed by atoms with Gasteiger partial charge in [0, 0.05) is 0 Å². The molecule has 0 saturated carbocycles. The van der Waals surface area contributed by atoms with Gasteiger partial charge in [-0.05, 0) is 24.3 Å². The molecular formula is C12H11KN3O4P3S. The first-order chi connectivity index (χ1) is 11.1. The second kappa shape index (κ2) is 11.8. The van der Waals surface area contributed by atoms with E-state index >= 15 is 0 Å². The number of para-hydroxylation sites is 1. The van der Waals surface area contributed by atoms with E-state index in [0.717, 1.165) is 22.8 Å². The van der Waals surface area contributed by atoms with E-state index in [1.54, 1.807) is 6.07 Å². The first-order valence-electron chi connectivity index (χ1n) is 6.18. The Bertz CT molecular complexity index is 833. The molecule has 1 unspecified atom stereocenters. The summed E-state index contributed by atoms with van der Waals surface area (Å²) < 4.78 is 48.6. The fourth-order valence-corrected chi connectivity index (χ4v) is 4.86. The van der Waals surface area contributed by atoms with E-state index in [-0.39, 0.29) is 56.3 Å².